The zero-order chi connectivity index (χ0) is 23.7. The lowest BCUT2D eigenvalue weighted by molar-refractivity contribution is -0.114. The molecule has 0 spiro atoms. The van der Waals surface area contributed by atoms with Gasteiger partial charge in [-0.05, 0) is 55.3 Å². The number of carbonyl (C=O) groups is 2. The highest BCUT2D eigenvalue weighted by Crippen LogP contribution is 2.16. The van der Waals surface area contributed by atoms with Crippen molar-refractivity contribution in [3.63, 3.8) is 0 Å². The molecule has 0 aliphatic heterocycles. The number of anilines is 2. The third-order valence-corrected chi connectivity index (χ3v) is 5.04. The predicted molar refractivity (Wildman–Crippen MR) is 133 cm³/mol. The van der Waals surface area contributed by atoms with Crippen molar-refractivity contribution in [3.05, 3.63) is 54.1 Å². The zero-order valence-electron chi connectivity index (χ0n) is 19.8. The minimum Gasteiger partial charge on any atom is -0.494 e. The number of amides is 2. The zero-order valence-corrected chi connectivity index (χ0v) is 19.8. The molecule has 0 atom stereocenters. The SMILES string of the molecule is CCCCCCCOc1ccc(NCC(=O)Nc2cccc(C(=O)NCCCOC)c2)cc1. The molecule has 2 aromatic rings. The van der Waals surface area contributed by atoms with Crippen LogP contribution in [0.5, 0.6) is 5.75 Å². The van der Waals surface area contributed by atoms with Crippen molar-refractivity contribution >= 4 is 23.2 Å². The molecule has 0 aromatic heterocycles. The third-order valence-electron chi connectivity index (χ3n) is 5.04. The van der Waals surface area contributed by atoms with Crippen LogP contribution in [-0.4, -0.2) is 45.2 Å². The number of hydrogen-bond acceptors (Lipinski definition) is 5. The van der Waals surface area contributed by atoms with Gasteiger partial charge in [-0.25, -0.2) is 0 Å². The molecule has 180 valence electrons. The van der Waals surface area contributed by atoms with Gasteiger partial charge in [0, 0.05) is 37.2 Å². The Morgan fingerprint density at radius 2 is 1.67 bits per heavy atom. The minimum absolute atomic E-state index is 0.116. The summed E-state index contributed by atoms with van der Waals surface area (Å²) in [5.74, 6) is 0.460. The highest BCUT2D eigenvalue weighted by Gasteiger charge is 2.08. The lowest BCUT2D eigenvalue weighted by Crippen LogP contribution is -2.25. The van der Waals surface area contributed by atoms with E-state index in [1.54, 1.807) is 31.4 Å². The first-order chi connectivity index (χ1) is 16.1. The number of hydrogen-bond donors (Lipinski definition) is 3. The molecular formula is C26H37N3O4. The molecule has 3 N–H and O–H groups in total. The Morgan fingerprint density at radius 3 is 2.42 bits per heavy atom. The van der Waals surface area contributed by atoms with Crippen molar-refractivity contribution in [2.45, 2.75) is 45.4 Å². The molecule has 2 rings (SSSR count). The fourth-order valence-electron chi connectivity index (χ4n) is 3.21. The van der Waals surface area contributed by atoms with Gasteiger partial charge in [0.1, 0.15) is 5.75 Å². The molecule has 0 saturated heterocycles. The predicted octanol–water partition coefficient (Wildman–Crippen LogP) is 4.85. The van der Waals surface area contributed by atoms with E-state index < -0.39 is 0 Å². The number of benzene rings is 2. The van der Waals surface area contributed by atoms with Gasteiger partial charge in [-0.15, -0.1) is 0 Å². The van der Waals surface area contributed by atoms with Gasteiger partial charge < -0.3 is 25.4 Å². The van der Waals surface area contributed by atoms with Crippen LogP contribution in [0.4, 0.5) is 11.4 Å². The summed E-state index contributed by atoms with van der Waals surface area (Å²) in [6, 6.07) is 14.5. The molecule has 0 aliphatic carbocycles. The van der Waals surface area contributed by atoms with E-state index in [0.29, 0.717) is 24.4 Å². The van der Waals surface area contributed by atoms with Crippen LogP contribution in [-0.2, 0) is 9.53 Å². The largest absolute Gasteiger partial charge is 0.494 e. The highest BCUT2D eigenvalue weighted by molar-refractivity contribution is 5.98. The van der Waals surface area contributed by atoms with Crippen LogP contribution in [0.3, 0.4) is 0 Å². The molecule has 33 heavy (non-hydrogen) atoms. The van der Waals surface area contributed by atoms with E-state index in [1.807, 2.05) is 24.3 Å². The van der Waals surface area contributed by atoms with Crippen molar-refractivity contribution in [3.8, 4) is 5.75 Å². The summed E-state index contributed by atoms with van der Waals surface area (Å²) < 4.78 is 10.7. The maximum absolute atomic E-state index is 12.3. The summed E-state index contributed by atoms with van der Waals surface area (Å²) in [5.41, 5.74) is 1.91. The van der Waals surface area contributed by atoms with E-state index in [0.717, 1.165) is 30.9 Å². The summed E-state index contributed by atoms with van der Waals surface area (Å²) >= 11 is 0. The van der Waals surface area contributed by atoms with Gasteiger partial charge in [0.25, 0.3) is 5.91 Å². The lowest BCUT2D eigenvalue weighted by atomic mass is 10.2. The molecule has 0 bridgehead atoms. The van der Waals surface area contributed by atoms with Crippen molar-refractivity contribution in [2.24, 2.45) is 0 Å². The molecule has 0 saturated carbocycles. The van der Waals surface area contributed by atoms with E-state index in [4.69, 9.17) is 9.47 Å². The Labute approximate surface area is 197 Å². The quantitative estimate of drug-likeness (QED) is 0.315. The van der Waals surface area contributed by atoms with Crippen molar-refractivity contribution in [1.29, 1.82) is 0 Å². The van der Waals surface area contributed by atoms with Crippen LogP contribution < -0.4 is 20.7 Å². The number of rotatable bonds is 16. The third kappa shape index (κ3) is 10.9. The molecule has 0 fully saturated rings. The average molecular weight is 456 g/mol. The van der Waals surface area contributed by atoms with Gasteiger partial charge in [0.05, 0.1) is 13.2 Å². The highest BCUT2D eigenvalue weighted by atomic mass is 16.5. The monoisotopic (exact) mass is 455 g/mol. The molecule has 7 nitrogen and oxygen atoms in total. The maximum atomic E-state index is 12.3. The number of carbonyl (C=O) groups excluding carboxylic acids is 2. The number of ether oxygens (including phenoxy) is 2. The van der Waals surface area contributed by atoms with E-state index in [2.05, 4.69) is 22.9 Å². The van der Waals surface area contributed by atoms with E-state index in [9.17, 15) is 9.59 Å². The summed E-state index contributed by atoms with van der Waals surface area (Å²) in [6.07, 6.45) is 6.80. The van der Waals surface area contributed by atoms with Crippen molar-refractivity contribution < 1.29 is 19.1 Å². The Morgan fingerprint density at radius 1 is 0.879 bits per heavy atom. The standard InChI is InChI=1S/C26H37N3O4/c1-3-4-5-6-7-18-33-24-14-12-22(13-15-24)28-20-25(30)29-23-11-8-10-21(19-23)26(31)27-16-9-17-32-2/h8,10-15,19,28H,3-7,9,16-18,20H2,1-2H3,(H,27,31)(H,29,30). The fourth-order valence-corrected chi connectivity index (χ4v) is 3.21. The fraction of sp³-hybridized carbons (Fsp3) is 0.462. The van der Waals surface area contributed by atoms with Crippen LogP contribution in [0.25, 0.3) is 0 Å². The van der Waals surface area contributed by atoms with Gasteiger partial charge in [-0.1, -0.05) is 38.7 Å². The second-order valence-electron chi connectivity index (χ2n) is 7.87. The van der Waals surface area contributed by atoms with E-state index in [1.165, 1.54) is 25.7 Å². The van der Waals surface area contributed by atoms with Gasteiger partial charge in [0.2, 0.25) is 5.91 Å². The molecule has 0 aliphatic rings. The number of nitrogens with one attached hydrogen (secondary N) is 3. The summed E-state index contributed by atoms with van der Waals surface area (Å²) in [6.45, 7) is 4.18. The van der Waals surface area contributed by atoms with Gasteiger partial charge >= 0.3 is 0 Å². The Balaban J connectivity index is 1.71. The summed E-state index contributed by atoms with van der Waals surface area (Å²) in [4.78, 5) is 24.5. The number of unbranched alkanes of at least 4 members (excludes halogenated alkanes) is 4. The first-order valence-electron chi connectivity index (χ1n) is 11.8. The van der Waals surface area contributed by atoms with Gasteiger partial charge in [-0.2, -0.15) is 0 Å². The average Bonchev–Trinajstić information content (AvgIpc) is 2.83. The molecule has 0 unspecified atom stereocenters. The van der Waals surface area contributed by atoms with Crippen LogP contribution in [0.2, 0.25) is 0 Å². The minimum atomic E-state index is -0.194. The van der Waals surface area contributed by atoms with Crippen LogP contribution in [0.1, 0.15) is 55.8 Å². The van der Waals surface area contributed by atoms with Crippen molar-refractivity contribution in [1.82, 2.24) is 5.32 Å². The molecule has 2 aromatic carbocycles. The molecule has 0 heterocycles. The van der Waals surface area contributed by atoms with Crippen LogP contribution in [0.15, 0.2) is 48.5 Å². The topological polar surface area (TPSA) is 88.7 Å². The second-order valence-corrected chi connectivity index (χ2v) is 7.87. The molecule has 7 heteroatoms. The summed E-state index contributed by atoms with van der Waals surface area (Å²) in [7, 11) is 1.63. The number of methoxy groups -OCH3 is 1. The normalized spacial score (nSPS) is 10.5. The Kier molecular flexibility index (Phi) is 12.5. The second kappa shape index (κ2) is 15.7. The molecule has 0 radical (unpaired) electrons. The Hall–Kier alpha value is -3.06. The molecular weight excluding hydrogens is 418 g/mol. The molecule has 2 amide bonds. The Bertz CT molecular complexity index is 840. The van der Waals surface area contributed by atoms with Crippen LogP contribution >= 0.6 is 0 Å². The van der Waals surface area contributed by atoms with Crippen molar-refractivity contribution in [2.75, 3.05) is 44.0 Å². The first kappa shape index (κ1) is 26.2. The smallest absolute Gasteiger partial charge is 0.251 e. The van der Waals surface area contributed by atoms with Gasteiger partial charge in [0.15, 0.2) is 0 Å². The van der Waals surface area contributed by atoms with E-state index in [-0.39, 0.29) is 18.4 Å². The van der Waals surface area contributed by atoms with E-state index >= 15 is 0 Å². The summed E-state index contributed by atoms with van der Waals surface area (Å²) in [5, 5.41) is 8.75. The first-order valence-corrected chi connectivity index (χ1v) is 11.8. The van der Waals surface area contributed by atoms with Crippen LogP contribution in [0, 0.1) is 0 Å². The maximum Gasteiger partial charge on any atom is 0.251 e. The van der Waals surface area contributed by atoms with Gasteiger partial charge in [-0.3, -0.25) is 9.59 Å². The lowest BCUT2D eigenvalue weighted by Gasteiger charge is -2.10.